The lowest BCUT2D eigenvalue weighted by molar-refractivity contribution is -0.112. The van der Waals surface area contributed by atoms with E-state index in [4.69, 9.17) is 0 Å². The predicted octanol–water partition coefficient (Wildman–Crippen LogP) is 2.02. The number of carbonyl (C=O) groups is 1. The van der Waals surface area contributed by atoms with E-state index in [1.807, 2.05) is 19.1 Å². The minimum absolute atomic E-state index is 0.118. The van der Waals surface area contributed by atoms with E-state index in [1.165, 1.54) is 12.8 Å². The SMILES string of the molecule is CC(=CC(=O)Nc1ccccn1)N1CCCC1. The molecule has 4 heteroatoms. The highest BCUT2D eigenvalue weighted by molar-refractivity contribution is 5.98. The van der Waals surface area contributed by atoms with E-state index in [0.717, 1.165) is 18.8 Å². The molecule has 0 spiro atoms. The average molecular weight is 231 g/mol. The lowest BCUT2D eigenvalue weighted by atomic mass is 10.3. The Kier molecular flexibility index (Phi) is 3.75. The van der Waals surface area contributed by atoms with Crippen LogP contribution in [0, 0.1) is 0 Å². The fourth-order valence-electron chi connectivity index (χ4n) is 1.95. The molecule has 17 heavy (non-hydrogen) atoms. The molecule has 1 aliphatic rings. The molecule has 90 valence electrons. The van der Waals surface area contributed by atoms with Crippen LogP contribution < -0.4 is 5.32 Å². The number of allylic oxidation sites excluding steroid dienone is 1. The molecular weight excluding hydrogens is 214 g/mol. The predicted molar refractivity (Wildman–Crippen MR) is 67.4 cm³/mol. The molecule has 1 N–H and O–H groups in total. The van der Waals surface area contributed by atoms with Crippen molar-refractivity contribution >= 4 is 11.7 Å². The van der Waals surface area contributed by atoms with Crippen LogP contribution in [0.3, 0.4) is 0 Å². The third kappa shape index (κ3) is 3.31. The molecule has 1 aliphatic heterocycles. The molecule has 1 aromatic rings. The zero-order valence-corrected chi connectivity index (χ0v) is 10.0. The molecule has 0 bridgehead atoms. The summed E-state index contributed by atoms with van der Waals surface area (Å²) in [5.41, 5.74) is 1.02. The number of nitrogens with one attached hydrogen (secondary N) is 1. The second-order valence-corrected chi connectivity index (χ2v) is 4.18. The number of aromatic nitrogens is 1. The highest BCUT2D eigenvalue weighted by atomic mass is 16.1. The first-order valence-electron chi connectivity index (χ1n) is 5.91. The monoisotopic (exact) mass is 231 g/mol. The van der Waals surface area contributed by atoms with Crippen molar-refractivity contribution in [2.75, 3.05) is 18.4 Å². The lowest BCUT2D eigenvalue weighted by Crippen LogP contribution is -2.19. The van der Waals surface area contributed by atoms with Gasteiger partial charge >= 0.3 is 0 Å². The third-order valence-corrected chi connectivity index (χ3v) is 2.86. The van der Waals surface area contributed by atoms with Gasteiger partial charge < -0.3 is 10.2 Å². The van der Waals surface area contributed by atoms with E-state index in [2.05, 4.69) is 15.2 Å². The van der Waals surface area contributed by atoms with E-state index in [1.54, 1.807) is 18.3 Å². The van der Waals surface area contributed by atoms with Crippen LogP contribution in [0.15, 0.2) is 36.2 Å². The van der Waals surface area contributed by atoms with Gasteiger partial charge in [0.05, 0.1) is 0 Å². The standard InChI is InChI=1S/C13H17N3O/c1-11(16-8-4-5-9-16)10-13(17)15-12-6-2-3-7-14-12/h2-3,6-7,10H,4-5,8-9H2,1H3,(H,14,15,17). The van der Waals surface area contributed by atoms with E-state index >= 15 is 0 Å². The molecule has 1 saturated heterocycles. The van der Waals surface area contributed by atoms with Crippen molar-refractivity contribution in [1.29, 1.82) is 0 Å². The van der Waals surface area contributed by atoms with Crippen LogP contribution in [0.1, 0.15) is 19.8 Å². The van der Waals surface area contributed by atoms with Crippen molar-refractivity contribution < 1.29 is 4.79 Å². The Morgan fingerprint density at radius 2 is 2.18 bits per heavy atom. The number of pyridine rings is 1. The summed E-state index contributed by atoms with van der Waals surface area (Å²) in [4.78, 5) is 18.0. The average Bonchev–Trinajstić information content (AvgIpc) is 2.83. The van der Waals surface area contributed by atoms with Crippen molar-refractivity contribution in [1.82, 2.24) is 9.88 Å². The van der Waals surface area contributed by atoms with Gasteiger partial charge in [0.1, 0.15) is 5.82 Å². The Morgan fingerprint density at radius 1 is 1.41 bits per heavy atom. The maximum atomic E-state index is 11.7. The van der Waals surface area contributed by atoms with Gasteiger partial charge in [-0.2, -0.15) is 0 Å². The molecule has 0 unspecified atom stereocenters. The summed E-state index contributed by atoms with van der Waals surface area (Å²) in [5.74, 6) is 0.469. The van der Waals surface area contributed by atoms with Crippen LogP contribution in [0.25, 0.3) is 0 Å². The number of amides is 1. The number of likely N-dealkylation sites (tertiary alicyclic amines) is 1. The maximum absolute atomic E-state index is 11.7. The van der Waals surface area contributed by atoms with Crippen LogP contribution >= 0.6 is 0 Å². The van der Waals surface area contributed by atoms with Crippen LogP contribution in [0.5, 0.6) is 0 Å². The van der Waals surface area contributed by atoms with Crippen LogP contribution in [0.2, 0.25) is 0 Å². The zero-order valence-electron chi connectivity index (χ0n) is 10.0. The summed E-state index contributed by atoms with van der Waals surface area (Å²) >= 11 is 0. The fourth-order valence-corrected chi connectivity index (χ4v) is 1.95. The second-order valence-electron chi connectivity index (χ2n) is 4.18. The smallest absolute Gasteiger partial charge is 0.251 e. The Morgan fingerprint density at radius 3 is 2.82 bits per heavy atom. The molecule has 1 amide bonds. The van der Waals surface area contributed by atoms with Gasteiger partial charge in [-0.15, -0.1) is 0 Å². The topological polar surface area (TPSA) is 45.2 Å². The molecule has 0 radical (unpaired) electrons. The first kappa shape index (κ1) is 11.6. The summed E-state index contributed by atoms with van der Waals surface area (Å²) in [7, 11) is 0. The van der Waals surface area contributed by atoms with Gasteiger partial charge in [0, 0.05) is 31.1 Å². The van der Waals surface area contributed by atoms with Gasteiger partial charge in [-0.3, -0.25) is 4.79 Å². The summed E-state index contributed by atoms with van der Waals surface area (Å²) in [6.45, 7) is 4.09. The fraction of sp³-hybridized carbons (Fsp3) is 0.385. The van der Waals surface area contributed by atoms with Gasteiger partial charge in [0.25, 0.3) is 5.91 Å². The lowest BCUT2D eigenvalue weighted by Gasteiger charge is -2.17. The minimum atomic E-state index is -0.118. The summed E-state index contributed by atoms with van der Waals surface area (Å²) in [5, 5.41) is 2.74. The van der Waals surface area contributed by atoms with Crippen LogP contribution in [0.4, 0.5) is 5.82 Å². The number of nitrogens with zero attached hydrogens (tertiary/aromatic N) is 2. The normalized spacial score (nSPS) is 16.1. The Hall–Kier alpha value is -1.84. The van der Waals surface area contributed by atoms with Gasteiger partial charge in [0.2, 0.25) is 0 Å². The Bertz CT molecular complexity index is 408. The van der Waals surface area contributed by atoms with Gasteiger partial charge in [-0.1, -0.05) is 6.07 Å². The first-order valence-corrected chi connectivity index (χ1v) is 5.91. The molecule has 2 heterocycles. The highest BCUT2D eigenvalue weighted by Gasteiger charge is 2.12. The van der Waals surface area contributed by atoms with Crippen molar-refractivity contribution in [3.63, 3.8) is 0 Å². The molecular formula is C13H17N3O. The number of hydrogen-bond donors (Lipinski definition) is 1. The van der Waals surface area contributed by atoms with Crippen molar-refractivity contribution in [3.05, 3.63) is 36.2 Å². The second kappa shape index (κ2) is 5.48. The van der Waals surface area contributed by atoms with E-state index in [-0.39, 0.29) is 5.91 Å². The first-order chi connectivity index (χ1) is 8.25. The summed E-state index contributed by atoms with van der Waals surface area (Å²) < 4.78 is 0. The van der Waals surface area contributed by atoms with Crippen LogP contribution in [-0.4, -0.2) is 28.9 Å². The van der Waals surface area contributed by atoms with E-state index in [0.29, 0.717) is 5.82 Å². The molecule has 0 atom stereocenters. The van der Waals surface area contributed by atoms with Gasteiger partial charge in [-0.25, -0.2) is 4.98 Å². The molecule has 1 aromatic heterocycles. The number of carbonyl (C=O) groups excluding carboxylic acids is 1. The quantitative estimate of drug-likeness (QED) is 0.809. The molecule has 1 fully saturated rings. The molecule has 0 saturated carbocycles. The number of hydrogen-bond acceptors (Lipinski definition) is 3. The van der Waals surface area contributed by atoms with Crippen LogP contribution in [-0.2, 0) is 4.79 Å². The largest absolute Gasteiger partial charge is 0.375 e. The van der Waals surface area contributed by atoms with Gasteiger partial charge in [-0.05, 0) is 31.9 Å². The molecule has 4 nitrogen and oxygen atoms in total. The van der Waals surface area contributed by atoms with Crippen molar-refractivity contribution in [2.45, 2.75) is 19.8 Å². The maximum Gasteiger partial charge on any atom is 0.251 e. The Labute approximate surface area is 101 Å². The van der Waals surface area contributed by atoms with E-state index < -0.39 is 0 Å². The minimum Gasteiger partial charge on any atom is -0.375 e. The zero-order chi connectivity index (χ0) is 12.1. The number of anilines is 1. The Balaban J connectivity index is 1.94. The van der Waals surface area contributed by atoms with Gasteiger partial charge in [0.15, 0.2) is 0 Å². The summed E-state index contributed by atoms with van der Waals surface area (Å²) in [6, 6.07) is 5.44. The molecule has 2 rings (SSSR count). The van der Waals surface area contributed by atoms with Crippen molar-refractivity contribution in [3.8, 4) is 0 Å². The third-order valence-electron chi connectivity index (χ3n) is 2.86. The molecule has 0 aliphatic carbocycles. The highest BCUT2D eigenvalue weighted by Crippen LogP contribution is 2.13. The van der Waals surface area contributed by atoms with E-state index in [9.17, 15) is 4.79 Å². The summed E-state index contributed by atoms with van der Waals surface area (Å²) in [6.07, 6.45) is 5.73. The number of rotatable bonds is 3. The molecule has 0 aromatic carbocycles. The van der Waals surface area contributed by atoms with Crippen molar-refractivity contribution in [2.24, 2.45) is 0 Å².